The summed E-state index contributed by atoms with van der Waals surface area (Å²) in [4.78, 5) is 0. The van der Waals surface area contributed by atoms with Crippen LogP contribution in [0.5, 0.6) is 11.5 Å². The van der Waals surface area contributed by atoms with E-state index < -0.39 is 0 Å². The van der Waals surface area contributed by atoms with Gasteiger partial charge >= 0.3 is 0 Å². The Morgan fingerprint density at radius 1 is 0.944 bits per heavy atom. The van der Waals surface area contributed by atoms with Gasteiger partial charge in [0.2, 0.25) is 0 Å². The Morgan fingerprint density at radius 3 is 2.11 bits per heavy atom. The molecule has 3 nitrogen and oxygen atoms in total. The lowest BCUT2D eigenvalue weighted by Crippen LogP contribution is -2.13. The highest BCUT2D eigenvalue weighted by atomic mass is 16.5. The molecular formula is C15H17NO2. The van der Waals surface area contributed by atoms with Crippen molar-refractivity contribution < 1.29 is 9.47 Å². The maximum Gasteiger partial charge on any atom is 0.127 e. The van der Waals surface area contributed by atoms with E-state index in [0.29, 0.717) is 6.54 Å². The number of nitrogens with two attached hydrogens (primary N) is 1. The highest BCUT2D eigenvalue weighted by molar-refractivity contribution is 5.33. The molecule has 0 heterocycles. The first-order valence-corrected chi connectivity index (χ1v) is 5.89. The number of methoxy groups -OCH3 is 1. The topological polar surface area (TPSA) is 44.5 Å². The van der Waals surface area contributed by atoms with Crippen molar-refractivity contribution in [3.05, 3.63) is 60.2 Å². The van der Waals surface area contributed by atoms with E-state index in [1.807, 2.05) is 54.6 Å². The van der Waals surface area contributed by atoms with Crippen LogP contribution in [-0.4, -0.2) is 13.7 Å². The SMILES string of the molecule is COC(CN)c1ccc(Oc2ccccc2)cc1. The molecule has 2 rings (SSSR count). The molecule has 0 aliphatic carbocycles. The standard InChI is InChI=1S/C15H17NO2/c1-17-15(11-16)12-7-9-14(10-8-12)18-13-5-3-2-4-6-13/h2-10,15H,11,16H2,1H3. The zero-order valence-corrected chi connectivity index (χ0v) is 10.4. The molecule has 1 atom stereocenters. The summed E-state index contributed by atoms with van der Waals surface area (Å²) in [7, 11) is 1.66. The fraction of sp³-hybridized carbons (Fsp3) is 0.200. The van der Waals surface area contributed by atoms with E-state index in [0.717, 1.165) is 17.1 Å². The van der Waals surface area contributed by atoms with E-state index in [2.05, 4.69) is 0 Å². The van der Waals surface area contributed by atoms with Crippen LogP contribution in [-0.2, 0) is 4.74 Å². The molecule has 0 aromatic heterocycles. The Balaban J connectivity index is 2.08. The highest BCUT2D eigenvalue weighted by Crippen LogP contribution is 2.23. The van der Waals surface area contributed by atoms with Crippen LogP contribution >= 0.6 is 0 Å². The molecule has 1 unspecified atom stereocenters. The summed E-state index contributed by atoms with van der Waals surface area (Å²) in [5.41, 5.74) is 6.68. The quantitative estimate of drug-likeness (QED) is 0.877. The minimum absolute atomic E-state index is 0.0595. The maximum absolute atomic E-state index is 5.71. The molecule has 2 N–H and O–H groups in total. The van der Waals surface area contributed by atoms with Crippen molar-refractivity contribution in [3.63, 3.8) is 0 Å². The van der Waals surface area contributed by atoms with Gasteiger partial charge in [-0.15, -0.1) is 0 Å². The van der Waals surface area contributed by atoms with E-state index in [4.69, 9.17) is 15.2 Å². The molecule has 0 saturated carbocycles. The smallest absolute Gasteiger partial charge is 0.127 e. The lowest BCUT2D eigenvalue weighted by atomic mass is 10.1. The summed E-state index contributed by atoms with van der Waals surface area (Å²) in [5.74, 6) is 1.63. The van der Waals surface area contributed by atoms with Crippen LogP contribution in [0, 0.1) is 0 Å². The van der Waals surface area contributed by atoms with Crippen molar-refractivity contribution in [1.29, 1.82) is 0 Å². The average molecular weight is 243 g/mol. The highest BCUT2D eigenvalue weighted by Gasteiger charge is 2.07. The third-order valence-corrected chi connectivity index (χ3v) is 2.73. The van der Waals surface area contributed by atoms with Gasteiger partial charge in [-0.05, 0) is 29.8 Å². The summed E-state index contributed by atoms with van der Waals surface area (Å²) in [5, 5.41) is 0. The van der Waals surface area contributed by atoms with Crippen molar-refractivity contribution >= 4 is 0 Å². The van der Waals surface area contributed by atoms with Crippen molar-refractivity contribution in [2.75, 3.05) is 13.7 Å². The predicted molar refractivity (Wildman–Crippen MR) is 71.8 cm³/mol. The van der Waals surface area contributed by atoms with Crippen molar-refractivity contribution in [2.45, 2.75) is 6.10 Å². The van der Waals surface area contributed by atoms with Crippen molar-refractivity contribution in [2.24, 2.45) is 5.73 Å². The lowest BCUT2D eigenvalue weighted by molar-refractivity contribution is 0.110. The van der Waals surface area contributed by atoms with Gasteiger partial charge in [0.15, 0.2) is 0 Å². The third kappa shape index (κ3) is 3.09. The van der Waals surface area contributed by atoms with E-state index in [1.165, 1.54) is 0 Å². The van der Waals surface area contributed by atoms with Gasteiger partial charge in [0, 0.05) is 13.7 Å². The Bertz CT molecular complexity index is 464. The minimum Gasteiger partial charge on any atom is -0.457 e. The van der Waals surface area contributed by atoms with Gasteiger partial charge in [-0.3, -0.25) is 0 Å². The lowest BCUT2D eigenvalue weighted by Gasteiger charge is -2.13. The Morgan fingerprint density at radius 2 is 1.56 bits per heavy atom. The molecule has 3 heteroatoms. The number of rotatable bonds is 5. The van der Waals surface area contributed by atoms with Gasteiger partial charge in [0.05, 0.1) is 6.10 Å². The van der Waals surface area contributed by atoms with Crippen LogP contribution in [0.1, 0.15) is 11.7 Å². The largest absolute Gasteiger partial charge is 0.457 e. The molecule has 18 heavy (non-hydrogen) atoms. The molecule has 0 bridgehead atoms. The van der Waals surface area contributed by atoms with Crippen molar-refractivity contribution in [3.8, 4) is 11.5 Å². The van der Waals surface area contributed by atoms with E-state index in [1.54, 1.807) is 7.11 Å². The fourth-order valence-corrected chi connectivity index (χ4v) is 1.74. The molecule has 0 aliphatic heterocycles. The molecule has 0 aliphatic rings. The number of benzene rings is 2. The number of para-hydroxylation sites is 1. The second-order valence-electron chi connectivity index (χ2n) is 3.94. The molecule has 94 valence electrons. The van der Waals surface area contributed by atoms with Crippen LogP contribution in [0.25, 0.3) is 0 Å². The Labute approximate surface area is 107 Å². The third-order valence-electron chi connectivity index (χ3n) is 2.73. The Kier molecular flexibility index (Phi) is 4.34. The van der Waals surface area contributed by atoms with Gasteiger partial charge in [0.25, 0.3) is 0 Å². The second kappa shape index (κ2) is 6.19. The number of hydrogen-bond donors (Lipinski definition) is 1. The molecule has 0 amide bonds. The van der Waals surface area contributed by atoms with Gasteiger partial charge in [-0.25, -0.2) is 0 Å². The van der Waals surface area contributed by atoms with Crippen LogP contribution in [0.4, 0.5) is 0 Å². The van der Waals surface area contributed by atoms with Crippen LogP contribution in [0.15, 0.2) is 54.6 Å². The first kappa shape index (κ1) is 12.6. The summed E-state index contributed by atoms with van der Waals surface area (Å²) in [6, 6.07) is 17.5. The summed E-state index contributed by atoms with van der Waals surface area (Å²) in [6.45, 7) is 0.468. The van der Waals surface area contributed by atoms with Crippen LogP contribution in [0.2, 0.25) is 0 Å². The zero-order valence-electron chi connectivity index (χ0n) is 10.4. The maximum atomic E-state index is 5.71. The first-order valence-electron chi connectivity index (χ1n) is 5.89. The number of hydrogen-bond acceptors (Lipinski definition) is 3. The molecule has 0 radical (unpaired) electrons. The minimum atomic E-state index is -0.0595. The molecule has 0 saturated heterocycles. The monoisotopic (exact) mass is 243 g/mol. The van der Waals surface area contributed by atoms with E-state index in [-0.39, 0.29) is 6.10 Å². The molecule has 0 spiro atoms. The molecular weight excluding hydrogens is 226 g/mol. The average Bonchev–Trinajstić information content (AvgIpc) is 2.43. The summed E-state index contributed by atoms with van der Waals surface area (Å²) < 4.78 is 11.0. The van der Waals surface area contributed by atoms with Crippen molar-refractivity contribution in [1.82, 2.24) is 0 Å². The predicted octanol–water partition coefficient (Wildman–Crippen LogP) is 3.13. The number of ether oxygens (including phenoxy) is 2. The van der Waals surface area contributed by atoms with Gasteiger partial charge < -0.3 is 15.2 Å². The Hall–Kier alpha value is -1.84. The fourth-order valence-electron chi connectivity index (χ4n) is 1.74. The first-order chi connectivity index (χ1) is 8.83. The second-order valence-corrected chi connectivity index (χ2v) is 3.94. The molecule has 2 aromatic carbocycles. The van der Waals surface area contributed by atoms with E-state index in [9.17, 15) is 0 Å². The molecule has 0 fully saturated rings. The van der Waals surface area contributed by atoms with Gasteiger partial charge in [-0.1, -0.05) is 30.3 Å². The zero-order chi connectivity index (χ0) is 12.8. The van der Waals surface area contributed by atoms with Crippen LogP contribution < -0.4 is 10.5 Å². The van der Waals surface area contributed by atoms with Crippen LogP contribution in [0.3, 0.4) is 0 Å². The summed E-state index contributed by atoms with van der Waals surface area (Å²) >= 11 is 0. The van der Waals surface area contributed by atoms with Gasteiger partial charge in [-0.2, -0.15) is 0 Å². The van der Waals surface area contributed by atoms with E-state index >= 15 is 0 Å². The normalized spacial score (nSPS) is 12.1. The van der Waals surface area contributed by atoms with Gasteiger partial charge in [0.1, 0.15) is 11.5 Å². The molecule has 2 aromatic rings. The summed E-state index contributed by atoms with van der Waals surface area (Å²) in [6.07, 6.45) is -0.0595.